The number of hydrogen-bond acceptors (Lipinski definition) is 4. The topological polar surface area (TPSA) is 111 Å². The Labute approximate surface area is 179 Å². The third kappa shape index (κ3) is 5.27. The van der Waals surface area contributed by atoms with E-state index in [4.69, 9.17) is 10.5 Å². The second kappa shape index (κ2) is 8.71. The maximum Gasteiger partial charge on any atom is 0.255 e. The molecule has 0 atom stereocenters. The van der Waals surface area contributed by atoms with Crippen molar-refractivity contribution in [3.8, 4) is 11.5 Å². The molecule has 1 aliphatic carbocycles. The molecule has 31 heavy (non-hydrogen) atoms. The molecular formula is C24H21N3O4. The predicted molar refractivity (Wildman–Crippen MR) is 117 cm³/mol. The molecule has 7 heteroatoms. The first-order valence-electron chi connectivity index (χ1n) is 9.88. The van der Waals surface area contributed by atoms with Gasteiger partial charge in [-0.3, -0.25) is 14.4 Å². The lowest BCUT2D eigenvalue weighted by Gasteiger charge is -2.10. The van der Waals surface area contributed by atoms with Gasteiger partial charge in [-0.15, -0.1) is 0 Å². The summed E-state index contributed by atoms with van der Waals surface area (Å²) >= 11 is 0. The van der Waals surface area contributed by atoms with Crippen molar-refractivity contribution in [2.45, 2.75) is 12.8 Å². The summed E-state index contributed by atoms with van der Waals surface area (Å²) in [5.74, 6) is 0.449. The number of rotatable bonds is 7. The molecule has 0 unspecified atom stereocenters. The highest BCUT2D eigenvalue weighted by Crippen LogP contribution is 2.30. The van der Waals surface area contributed by atoms with Crippen molar-refractivity contribution >= 4 is 29.1 Å². The number of amides is 3. The molecule has 0 saturated heterocycles. The van der Waals surface area contributed by atoms with Crippen LogP contribution in [0.4, 0.5) is 11.4 Å². The fourth-order valence-electron chi connectivity index (χ4n) is 2.97. The Hall–Kier alpha value is -4.13. The van der Waals surface area contributed by atoms with Crippen LogP contribution in [-0.4, -0.2) is 17.7 Å². The second-order valence-corrected chi connectivity index (χ2v) is 7.31. The number of carbonyl (C=O) groups is 3. The average Bonchev–Trinajstić information content (AvgIpc) is 3.60. The molecule has 0 bridgehead atoms. The molecule has 1 saturated carbocycles. The third-order valence-corrected chi connectivity index (χ3v) is 4.83. The summed E-state index contributed by atoms with van der Waals surface area (Å²) in [4.78, 5) is 35.6. The zero-order valence-electron chi connectivity index (χ0n) is 16.6. The lowest BCUT2D eigenvalue weighted by molar-refractivity contribution is -0.117. The van der Waals surface area contributed by atoms with Gasteiger partial charge in [0, 0.05) is 28.4 Å². The van der Waals surface area contributed by atoms with Crippen molar-refractivity contribution in [1.82, 2.24) is 0 Å². The summed E-state index contributed by atoms with van der Waals surface area (Å²) < 4.78 is 5.72. The maximum atomic E-state index is 12.6. The first kappa shape index (κ1) is 20.2. The first-order chi connectivity index (χ1) is 15.0. The largest absolute Gasteiger partial charge is 0.457 e. The Morgan fingerprint density at radius 2 is 1.32 bits per heavy atom. The van der Waals surface area contributed by atoms with Crippen molar-refractivity contribution in [3.05, 3.63) is 83.9 Å². The summed E-state index contributed by atoms with van der Waals surface area (Å²) in [6.45, 7) is 0. The quantitative estimate of drug-likeness (QED) is 0.538. The van der Waals surface area contributed by atoms with Gasteiger partial charge in [0.1, 0.15) is 11.5 Å². The maximum absolute atomic E-state index is 12.6. The molecule has 1 fully saturated rings. The monoisotopic (exact) mass is 415 g/mol. The highest BCUT2D eigenvalue weighted by molar-refractivity contribution is 6.04. The molecule has 156 valence electrons. The minimum atomic E-state index is -0.502. The van der Waals surface area contributed by atoms with Crippen LogP contribution in [-0.2, 0) is 4.79 Å². The second-order valence-electron chi connectivity index (χ2n) is 7.31. The SMILES string of the molecule is NC(=O)c1ccc(Oc2ccc(C(=O)Nc3cccc(NC(=O)C4CC4)c3)cc2)cc1. The van der Waals surface area contributed by atoms with Crippen LogP contribution in [0.25, 0.3) is 0 Å². The van der Waals surface area contributed by atoms with E-state index in [1.807, 2.05) is 0 Å². The molecule has 3 aromatic rings. The van der Waals surface area contributed by atoms with Crippen molar-refractivity contribution < 1.29 is 19.1 Å². The number of carbonyl (C=O) groups excluding carboxylic acids is 3. The van der Waals surface area contributed by atoms with Crippen molar-refractivity contribution in [2.24, 2.45) is 11.7 Å². The Kier molecular flexibility index (Phi) is 5.66. The van der Waals surface area contributed by atoms with Gasteiger partial charge >= 0.3 is 0 Å². The molecule has 1 aliphatic rings. The Balaban J connectivity index is 1.37. The van der Waals surface area contributed by atoms with Gasteiger partial charge in [0.15, 0.2) is 0 Å². The lowest BCUT2D eigenvalue weighted by atomic mass is 10.2. The Morgan fingerprint density at radius 1 is 0.774 bits per heavy atom. The fourth-order valence-corrected chi connectivity index (χ4v) is 2.97. The van der Waals surface area contributed by atoms with Crippen LogP contribution < -0.4 is 21.1 Å². The predicted octanol–water partition coefficient (Wildman–Crippen LogP) is 4.18. The van der Waals surface area contributed by atoms with Crippen molar-refractivity contribution in [3.63, 3.8) is 0 Å². The Morgan fingerprint density at radius 3 is 1.87 bits per heavy atom. The zero-order chi connectivity index (χ0) is 21.8. The molecule has 7 nitrogen and oxygen atoms in total. The van der Waals surface area contributed by atoms with Crippen LogP contribution in [0.5, 0.6) is 11.5 Å². The van der Waals surface area contributed by atoms with Gasteiger partial charge in [0.25, 0.3) is 5.91 Å². The number of ether oxygens (including phenoxy) is 1. The molecule has 0 aliphatic heterocycles. The van der Waals surface area contributed by atoms with E-state index in [0.717, 1.165) is 12.8 Å². The van der Waals surface area contributed by atoms with Crippen LogP contribution in [0.2, 0.25) is 0 Å². The van der Waals surface area contributed by atoms with E-state index in [1.165, 1.54) is 0 Å². The summed E-state index contributed by atoms with van der Waals surface area (Å²) in [6, 6.07) is 20.2. The van der Waals surface area contributed by atoms with E-state index in [-0.39, 0.29) is 17.7 Å². The number of hydrogen-bond donors (Lipinski definition) is 3. The molecule has 4 rings (SSSR count). The number of primary amides is 1. The summed E-state index contributed by atoms with van der Waals surface area (Å²) in [7, 11) is 0. The van der Waals surface area contributed by atoms with E-state index in [2.05, 4.69) is 10.6 Å². The number of nitrogens with one attached hydrogen (secondary N) is 2. The fraction of sp³-hybridized carbons (Fsp3) is 0.125. The number of benzene rings is 3. The summed E-state index contributed by atoms with van der Waals surface area (Å²) in [5, 5.41) is 5.69. The number of nitrogens with two attached hydrogens (primary N) is 1. The minimum absolute atomic E-state index is 0.0170. The van der Waals surface area contributed by atoms with Crippen LogP contribution in [0.15, 0.2) is 72.8 Å². The van der Waals surface area contributed by atoms with Gasteiger partial charge in [-0.25, -0.2) is 0 Å². The van der Waals surface area contributed by atoms with Gasteiger partial charge in [-0.05, 0) is 79.6 Å². The summed E-state index contributed by atoms with van der Waals surface area (Å²) in [6.07, 6.45) is 1.86. The Bertz CT molecular complexity index is 1120. The van der Waals surface area contributed by atoms with Crippen LogP contribution in [0.3, 0.4) is 0 Å². The van der Waals surface area contributed by atoms with E-state index in [1.54, 1.807) is 72.8 Å². The van der Waals surface area contributed by atoms with Gasteiger partial charge in [-0.2, -0.15) is 0 Å². The summed E-state index contributed by atoms with van der Waals surface area (Å²) in [5.41, 5.74) is 7.33. The molecule has 0 heterocycles. The minimum Gasteiger partial charge on any atom is -0.457 e. The van der Waals surface area contributed by atoms with Crippen LogP contribution >= 0.6 is 0 Å². The smallest absolute Gasteiger partial charge is 0.255 e. The lowest BCUT2D eigenvalue weighted by Crippen LogP contribution is -2.14. The molecule has 4 N–H and O–H groups in total. The highest BCUT2D eigenvalue weighted by Gasteiger charge is 2.29. The first-order valence-corrected chi connectivity index (χ1v) is 9.88. The number of anilines is 2. The van der Waals surface area contributed by atoms with Crippen molar-refractivity contribution in [1.29, 1.82) is 0 Å². The standard InChI is InChI=1S/C24H21N3O4/c25-22(28)15-6-10-20(11-7-15)31-21-12-8-17(9-13-21)24(30)27-19-3-1-2-18(14-19)26-23(29)16-4-5-16/h1-3,6-14,16H,4-5H2,(H2,25,28)(H,26,29)(H,27,30). The van der Waals surface area contributed by atoms with Crippen LogP contribution in [0, 0.1) is 5.92 Å². The van der Waals surface area contributed by atoms with Crippen molar-refractivity contribution in [2.75, 3.05) is 10.6 Å². The highest BCUT2D eigenvalue weighted by atomic mass is 16.5. The van der Waals surface area contributed by atoms with Gasteiger partial charge in [0.2, 0.25) is 11.8 Å². The van der Waals surface area contributed by atoms with Crippen LogP contribution in [0.1, 0.15) is 33.6 Å². The van der Waals surface area contributed by atoms with Gasteiger partial charge < -0.3 is 21.1 Å². The third-order valence-electron chi connectivity index (χ3n) is 4.83. The van der Waals surface area contributed by atoms with E-state index < -0.39 is 5.91 Å². The van der Waals surface area contributed by atoms with Gasteiger partial charge in [-0.1, -0.05) is 6.07 Å². The molecule has 3 aromatic carbocycles. The normalized spacial score (nSPS) is 12.6. The molecular weight excluding hydrogens is 394 g/mol. The van der Waals surface area contributed by atoms with E-state index in [9.17, 15) is 14.4 Å². The van der Waals surface area contributed by atoms with E-state index in [0.29, 0.717) is 34.0 Å². The van der Waals surface area contributed by atoms with E-state index >= 15 is 0 Å². The molecule has 0 radical (unpaired) electrons. The zero-order valence-corrected chi connectivity index (χ0v) is 16.6. The molecule has 3 amide bonds. The molecule has 0 spiro atoms. The average molecular weight is 415 g/mol. The molecule has 0 aromatic heterocycles. The van der Waals surface area contributed by atoms with Gasteiger partial charge in [0.05, 0.1) is 0 Å².